The predicted octanol–water partition coefficient (Wildman–Crippen LogP) is 14.3. The van der Waals surface area contributed by atoms with Crippen LogP contribution >= 0.6 is 14.5 Å². The number of aliphatic hydroxyl groups excluding tert-OH is 1. The maximum absolute atomic E-state index is 13.0. The topological polar surface area (TPSA) is 195 Å². The van der Waals surface area contributed by atoms with E-state index in [1.165, 1.54) is 126 Å². The second-order valence-corrected chi connectivity index (χ2v) is 31.2. The predicted molar refractivity (Wildman–Crippen MR) is 333 cm³/mol. The quantitative estimate of drug-likeness (QED) is 0.0112. The van der Waals surface area contributed by atoms with E-state index in [1.54, 1.807) is 38.1 Å². The molecule has 2 unspecified atom stereocenters. The fourth-order valence-electron chi connectivity index (χ4n) is 11.1. The van der Waals surface area contributed by atoms with Crippen LogP contribution < -0.4 is 17.0 Å². The Labute approximate surface area is 501 Å². The highest BCUT2D eigenvalue weighted by Gasteiger charge is 2.37. The number of unbranched alkanes of at least 4 members (excludes halogenated alkanes) is 6. The van der Waals surface area contributed by atoms with Crippen LogP contribution in [0.2, 0.25) is 0 Å². The monoisotopic (exact) mass is 1240 g/mol. The third-order valence-electron chi connectivity index (χ3n) is 16.0. The molecule has 1 N–H and O–H groups in total. The Morgan fingerprint density at radius 3 is 1.22 bits per heavy atom. The fraction of sp³-hybridized carbons (Fsp3) is 0.585. The van der Waals surface area contributed by atoms with Gasteiger partial charge in [-0.3, -0.25) is 20.2 Å². The summed E-state index contributed by atoms with van der Waals surface area (Å²) >= 11 is 0. The SMILES string of the molecule is CCCC[P+](CCCC)(CCCC)CCCOC(=O)c1ccc(C(C)CO)c([N+](=O)[O-])c1.CCCC[P+](CCCC)(CCCC)CCCOC(=O)c1ccc(C(C)COC(=O)OCC2c3ccccc3-c3ccccc32)c([N+](=O)[O-])c1.[Br-]. The molecule has 2 atom stereocenters. The van der Waals surface area contributed by atoms with Crippen molar-refractivity contribution in [1.82, 2.24) is 0 Å². The molecule has 0 spiro atoms. The molecule has 17 heteroatoms. The summed E-state index contributed by atoms with van der Waals surface area (Å²) in [4.78, 5) is 60.6. The van der Waals surface area contributed by atoms with Gasteiger partial charge < -0.3 is 41.0 Å². The molecule has 0 aromatic heterocycles. The molecule has 5 rings (SSSR count). The minimum Gasteiger partial charge on any atom is -1.00 e. The molecule has 0 saturated heterocycles. The molecule has 82 heavy (non-hydrogen) atoms. The summed E-state index contributed by atoms with van der Waals surface area (Å²) in [5.74, 6) is -2.05. The van der Waals surface area contributed by atoms with E-state index < -0.39 is 48.4 Å². The van der Waals surface area contributed by atoms with Crippen molar-refractivity contribution in [2.45, 2.75) is 163 Å². The van der Waals surface area contributed by atoms with E-state index in [9.17, 15) is 39.7 Å². The van der Waals surface area contributed by atoms with Gasteiger partial charge in [0, 0.05) is 75.0 Å². The van der Waals surface area contributed by atoms with Crippen LogP contribution in [-0.2, 0) is 18.9 Å². The van der Waals surface area contributed by atoms with E-state index in [2.05, 4.69) is 53.7 Å². The van der Waals surface area contributed by atoms with Gasteiger partial charge in [0.05, 0.1) is 83.5 Å². The van der Waals surface area contributed by atoms with Gasteiger partial charge in [0.25, 0.3) is 11.4 Å². The van der Waals surface area contributed by atoms with Gasteiger partial charge in [0.2, 0.25) is 0 Å². The van der Waals surface area contributed by atoms with Crippen LogP contribution in [0.15, 0.2) is 84.9 Å². The van der Waals surface area contributed by atoms with Gasteiger partial charge >= 0.3 is 18.1 Å². The number of esters is 2. The second-order valence-electron chi connectivity index (χ2n) is 22.2. The molecule has 454 valence electrons. The largest absolute Gasteiger partial charge is 1.00 e. The average Bonchev–Trinajstić information content (AvgIpc) is 3.84. The van der Waals surface area contributed by atoms with Crippen LogP contribution in [0.1, 0.15) is 206 Å². The van der Waals surface area contributed by atoms with Crippen molar-refractivity contribution in [3.05, 3.63) is 139 Å². The fourth-order valence-corrected chi connectivity index (χ4v) is 21.3. The van der Waals surface area contributed by atoms with Crippen molar-refractivity contribution >= 4 is 44.0 Å². The van der Waals surface area contributed by atoms with Crippen molar-refractivity contribution in [3.63, 3.8) is 0 Å². The van der Waals surface area contributed by atoms with Gasteiger partial charge in [-0.25, -0.2) is 14.4 Å². The molecule has 0 heterocycles. The number of carbonyl (C=O) groups excluding carboxylic acids is 3. The Morgan fingerprint density at radius 2 is 0.866 bits per heavy atom. The van der Waals surface area contributed by atoms with Crippen LogP contribution in [0.25, 0.3) is 11.1 Å². The number of nitro groups is 2. The van der Waals surface area contributed by atoms with Gasteiger partial charge in [-0.2, -0.15) is 0 Å². The summed E-state index contributed by atoms with van der Waals surface area (Å²) < 4.78 is 22.1. The smallest absolute Gasteiger partial charge is 0.508 e. The first-order valence-electron chi connectivity index (χ1n) is 30.3. The van der Waals surface area contributed by atoms with Gasteiger partial charge in [0.15, 0.2) is 0 Å². The number of benzene rings is 4. The van der Waals surface area contributed by atoms with E-state index in [-0.39, 0.29) is 71.1 Å². The lowest BCUT2D eigenvalue weighted by Gasteiger charge is -2.28. The second kappa shape index (κ2) is 38.2. The summed E-state index contributed by atoms with van der Waals surface area (Å²) in [5.41, 5.74) is 5.22. The lowest BCUT2D eigenvalue weighted by Crippen LogP contribution is -3.00. The maximum atomic E-state index is 13.0. The van der Waals surface area contributed by atoms with Gasteiger partial charge in [0.1, 0.15) is 13.2 Å². The number of nitro benzene ring substituents is 2. The first-order chi connectivity index (χ1) is 39.1. The lowest BCUT2D eigenvalue weighted by atomic mass is 9.98. The Morgan fingerprint density at radius 1 is 0.512 bits per heavy atom. The van der Waals surface area contributed by atoms with Crippen molar-refractivity contribution in [1.29, 1.82) is 0 Å². The third kappa shape index (κ3) is 22.0. The average molecular weight is 1240 g/mol. The third-order valence-corrected chi connectivity index (χ3v) is 26.1. The molecular weight excluding hydrogens is 1140 g/mol. The van der Waals surface area contributed by atoms with Crippen LogP contribution in [0, 0.1) is 20.2 Å². The molecule has 0 fully saturated rings. The normalized spacial score (nSPS) is 12.6. The zero-order valence-electron chi connectivity index (χ0n) is 50.5. The summed E-state index contributed by atoms with van der Waals surface area (Å²) in [7, 11) is -2.12. The number of hydrogen-bond acceptors (Lipinski definition) is 12. The number of ether oxygens (including phenoxy) is 4. The van der Waals surface area contributed by atoms with E-state index in [1.807, 2.05) is 36.4 Å². The number of hydrogen-bond donors (Lipinski definition) is 1. The van der Waals surface area contributed by atoms with E-state index >= 15 is 0 Å². The van der Waals surface area contributed by atoms with Crippen molar-refractivity contribution < 1.29 is 65.3 Å². The Hall–Kier alpha value is -4.81. The highest BCUT2D eigenvalue weighted by molar-refractivity contribution is 7.76. The highest BCUT2D eigenvalue weighted by atomic mass is 79.9. The molecule has 1 aliphatic carbocycles. The van der Waals surface area contributed by atoms with Crippen molar-refractivity contribution in [3.8, 4) is 11.1 Å². The van der Waals surface area contributed by atoms with Gasteiger partial charge in [-0.05, 0) is 72.9 Å². The van der Waals surface area contributed by atoms with Crippen molar-refractivity contribution in [2.75, 3.05) is 82.3 Å². The summed E-state index contributed by atoms with van der Waals surface area (Å²) in [6, 6.07) is 24.9. The molecule has 14 nitrogen and oxygen atoms in total. The Balaban J connectivity index is 0.000000465. The molecule has 0 bridgehead atoms. The summed E-state index contributed by atoms with van der Waals surface area (Å²) in [6.07, 6.45) is 26.0. The minimum atomic E-state index is -1.09. The summed E-state index contributed by atoms with van der Waals surface area (Å²) in [6.45, 7) is 17.4. The zero-order chi connectivity index (χ0) is 59.2. The first-order valence-corrected chi connectivity index (χ1v) is 35.3. The van der Waals surface area contributed by atoms with Crippen LogP contribution in [0.5, 0.6) is 0 Å². The standard InChI is InChI=1S/C40H53NO7P.C25H43NO5P.BrH/c1-5-8-23-49(24-9-6-2,25-10-7-3)26-15-22-46-39(42)31-20-21-32(38(27-31)41(44)45)30(4)28-47-40(43)48-29-37-35-18-13-11-16-33(35)34-17-12-14-19-36(34)37;1-5-8-15-32(16-9-6-2,17-10-7-3)18-11-14-31-25(28)22-12-13-23(21(4)20-27)24(19-22)26(29)30;/h11-14,16-21,27,30,37H,5-10,15,22-26,28-29H2,1-4H3;12-13,19,21,27H,5-11,14-18,20H2,1-4H3;1H/q2*+1;/p-1. The number of aliphatic hydroxyl groups is 1. The molecular formula is C65H96BrN2O12P2+. The van der Waals surface area contributed by atoms with E-state index in [0.29, 0.717) is 24.3 Å². The zero-order valence-corrected chi connectivity index (χ0v) is 53.9. The Bertz CT molecular complexity index is 2510. The maximum Gasteiger partial charge on any atom is 0.508 e. The highest BCUT2D eigenvalue weighted by Crippen LogP contribution is 2.62. The van der Waals surface area contributed by atoms with E-state index in [0.717, 1.165) is 47.4 Å². The number of halogens is 1. The van der Waals surface area contributed by atoms with E-state index in [4.69, 9.17) is 18.9 Å². The number of carbonyl (C=O) groups is 3. The number of nitrogens with zero attached hydrogens (tertiary/aromatic N) is 2. The lowest BCUT2D eigenvalue weighted by molar-refractivity contribution is -0.385. The molecule has 0 aliphatic heterocycles. The molecule has 0 amide bonds. The number of rotatable bonds is 37. The molecule has 0 radical (unpaired) electrons. The Kier molecular flexibility index (Phi) is 33.3. The van der Waals surface area contributed by atoms with Crippen LogP contribution in [0.4, 0.5) is 16.2 Å². The molecule has 1 aliphatic rings. The number of fused-ring (bicyclic) bond motifs is 3. The van der Waals surface area contributed by atoms with Gasteiger partial charge in [-0.15, -0.1) is 0 Å². The van der Waals surface area contributed by atoms with Crippen molar-refractivity contribution in [2.24, 2.45) is 0 Å². The van der Waals surface area contributed by atoms with Crippen LogP contribution in [0.3, 0.4) is 0 Å². The molecule has 0 saturated carbocycles. The minimum absolute atomic E-state index is 0. The van der Waals surface area contributed by atoms with Gasteiger partial charge in [-0.1, -0.05) is 155 Å². The first kappa shape index (κ1) is 71.5. The molecule has 4 aromatic rings. The van der Waals surface area contributed by atoms with Crippen LogP contribution in [-0.4, -0.2) is 115 Å². The summed E-state index contributed by atoms with van der Waals surface area (Å²) in [5, 5.41) is 32.8. The molecule has 4 aromatic carbocycles.